The summed E-state index contributed by atoms with van der Waals surface area (Å²) in [6, 6.07) is 7.91. The smallest absolute Gasteiger partial charge is 0.255 e. The largest absolute Gasteiger partial charge is 0.361 e. The Morgan fingerprint density at radius 3 is 3.11 bits per heavy atom. The van der Waals surface area contributed by atoms with Crippen LogP contribution in [0.3, 0.4) is 0 Å². The Balaban J connectivity index is 1.90. The van der Waals surface area contributed by atoms with Gasteiger partial charge >= 0.3 is 0 Å². The van der Waals surface area contributed by atoms with Gasteiger partial charge in [-0.05, 0) is 24.5 Å². The second-order valence-corrected chi connectivity index (χ2v) is 5.06. The SMILES string of the molecule is CCC1CCN(C(=O)c2cccc3cc[nH]c23)C1. The van der Waals surface area contributed by atoms with Crippen molar-refractivity contribution in [2.24, 2.45) is 5.92 Å². The molecule has 1 fully saturated rings. The van der Waals surface area contributed by atoms with E-state index in [2.05, 4.69) is 11.9 Å². The van der Waals surface area contributed by atoms with Gasteiger partial charge in [0.15, 0.2) is 0 Å². The van der Waals surface area contributed by atoms with Crippen molar-refractivity contribution >= 4 is 16.8 Å². The number of para-hydroxylation sites is 1. The third-order valence-electron chi connectivity index (χ3n) is 3.97. The van der Waals surface area contributed by atoms with E-state index in [1.807, 2.05) is 35.4 Å². The van der Waals surface area contributed by atoms with Crippen molar-refractivity contribution in [3.8, 4) is 0 Å². The number of likely N-dealkylation sites (tertiary alicyclic amines) is 1. The molecule has 3 rings (SSSR count). The highest BCUT2D eigenvalue weighted by Gasteiger charge is 2.26. The molecule has 2 heterocycles. The van der Waals surface area contributed by atoms with Crippen molar-refractivity contribution in [3.05, 3.63) is 36.0 Å². The summed E-state index contributed by atoms with van der Waals surface area (Å²) in [5.74, 6) is 0.843. The highest BCUT2D eigenvalue weighted by Crippen LogP contribution is 2.24. The fourth-order valence-electron chi connectivity index (χ4n) is 2.78. The van der Waals surface area contributed by atoms with Crippen LogP contribution in [0, 0.1) is 5.92 Å². The van der Waals surface area contributed by atoms with E-state index in [1.165, 1.54) is 0 Å². The highest BCUT2D eigenvalue weighted by atomic mass is 16.2. The van der Waals surface area contributed by atoms with Gasteiger partial charge < -0.3 is 9.88 Å². The number of amides is 1. The van der Waals surface area contributed by atoms with Crippen LogP contribution in [0.2, 0.25) is 0 Å². The number of nitrogens with zero attached hydrogens (tertiary/aromatic N) is 1. The van der Waals surface area contributed by atoms with Crippen LogP contribution >= 0.6 is 0 Å². The molecule has 0 spiro atoms. The predicted octanol–water partition coefficient (Wildman–Crippen LogP) is 3.04. The molecule has 3 heteroatoms. The summed E-state index contributed by atoms with van der Waals surface area (Å²) in [7, 11) is 0. The lowest BCUT2D eigenvalue weighted by molar-refractivity contribution is 0.0788. The van der Waals surface area contributed by atoms with Crippen molar-refractivity contribution < 1.29 is 4.79 Å². The fourth-order valence-corrected chi connectivity index (χ4v) is 2.78. The Bertz CT molecular complexity index is 573. The first-order valence-corrected chi connectivity index (χ1v) is 6.65. The average Bonchev–Trinajstić information content (AvgIpc) is 3.05. The van der Waals surface area contributed by atoms with E-state index in [0.29, 0.717) is 5.92 Å². The van der Waals surface area contributed by atoms with Crippen molar-refractivity contribution in [2.75, 3.05) is 13.1 Å². The maximum atomic E-state index is 12.5. The Hall–Kier alpha value is -1.77. The molecule has 1 amide bonds. The lowest BCUT2D eigenvalue weighted by atomic mass is 10.1. The molecule has 1 atom stereocenters. The standard InChI is InChI=1S/C15H18N2O/c1-2-11-7-9-17(10-11)15(18)13-5-3-4-12-6-8-16-14(12)13/h3-6,8,11,16H,2,7,9-10H2,1H3. The zero-order chi connectivity index (χ0) is 12.5. The van der Waals surface area contributed by atoms with Crippen LogP contribution in [0.1, 0.15) is 30.1 Å². The number of fused-ring (bicyclic) bond motifs is 1. The number of carbonyl (C=O) groups is 1. The lowest BCUT2D eigenvalue weighted by Gasteiger charge is -2.16. The molecular weight excluding hydrogens is 224 g/mol. The van der Waals surface area contributed by atoms with Crippen molar-refractivity contribution in [1.82, 2.24) is 9.88 Å². The normalized spacial score (nSPS) is 19.6. The van der Waals surface area contributed by atoms with E-state index in [-0.39, 0.29) is 5.91 Å². The number of hydrogen-bond donors (Lipinski definition) is 1. The van der Waals surface area contributed by atoms with Gasteiger partial charge in [-0.15, -0.1) is 0 Å². The van der Waals surface area contributed by atoms with E-state index < -0.39 is 0 Å². The fraction of sp³-hybridized carbons (Fsp3) is 0.400. The molecule has 1 unspecified atom stereocenters. The molecule has 0 radical (unpaired) electrons. The minimum atomic E-state index is 0.166. The molecule has 1 aromatic heterocycles. The first-order chi connectivity index (χ1) is 8.79. The maximum Gasteiger partial charge on any atom is 0.255 e. The Labute approximate surface area is 107 Å². The van der Waals surface area contributed by atoms with E-state index in [0.717, 1.165) is 42.4 Å². The maximum absolute atomic E-state index is 12.5. The summed E-state index contributed by atoms with van der Waals surface area (Å²) in [5.41, 5.74) is 1.76. The monoisotopic (exact) mass is 242 g/mol. The van der Waals surface area contributed by atoms with Gasteiger partial charge in [-0.3, -0.25) is 4.79 Å². The minimum Gasteiger partial charge on any atom is -0.361 e. The van der Waals surface area contributed by atoms with Crippen LogP contribution in [-0.2, 0) is 0 Å². The molecule has 1 aromatic carbocycles. The van der Waals surface area contributed by atoms with Gasteiger partial charge in [0.05, 0.1) is 11.1 Å². The number of carbonyl (C=O) groups excluding carboxylic acids is 1. The molecule has 1 aliphatic rings. The van der Waals surface area contributed by atoms with Gasteiger partial charge in [-0.2, -0.15) is 0 Å². The van der Waals surface area contributed by atoms with Crippen LogP contribution in [0.25, 0.3) is 10.9 Å². The quantitative estimate of drug-likeness (QED) is 0.863. The number of H-pyrrole nitrogens is 1. The summed E-state index contributed by atoms with van der Waals surface area (Å²) in [6.45, 7) is 4.01. The van der Waals surface area contributed by atoms with Crippen molar-refractivity contribution in [2.45, 2.75) is 19.8 Å². The van der Waals surface area contributed by atoms with Crippen LogP contribution in [-0.4, -0.2) is 28.9 Å². The Morgan fingerprint density at radius 2 is 2.33 bits per heavy atom. The van der Waals surface area contributed by atoms with E-state index in [9.17, 15) is 4.79 Å². The summed E-state index contributed by atoms with van der Waals surface area (Å²) in [6.07, 6.45) is 4.19. The molecule has 1 N–H and O–H groups in total. The summed E-state index contributed by atoms with van der Waals surface area (Å²) < 4.78 is 0. The number of aromatic nitrogens is 1. The number of rotatable bonds is 2. The molecular formula is C15H18N2O. The first-order valence-electron chi connectivity index (χ1n) is 6.65. The number of nitrogens with one attached hydrogen (secondary N) is 1. The summed E-state index contributed by atoms with van der Waals surface area (Å²) >= 11 is 0. The number of aromatic amines is 1. The van der Waals surface area contributed by atoms with E-state index >= 15 is 0 Å². The molecule has 94 valence electrons. The van der Waals surface area contributed by atoms with Crippen molar-refractivity contribution in [3.63, 3.8) is 0 Å². The zero-order valence-corrected chi connectivity index (χ0v) is 10.6. The second kappa shape index (κ2) is 4.48. The van der Waals surface area contributed by atoms with Gasteiger partial charge in [0.2, 0.25) is 0 Å². The Kier molecular flexibility index (Phi) is 2.82. The molecule has 0 saturated carbocycles. The summed E-state index contributed by atoms with van der Waals surface area (Å²) in [4.78, 5) is 17.7. The van der Waals surface area contributed by atoms with Gasteiger partial charge in [0.1, 0.15) is 0 Å². The molecule has 0 aliphatic carbocycles. The van der Waals surface area contributed by atoms with Gasteiger partial charge in [-0.1, -0.05) is 25.5 Å². The van der Waals surface area contributed by atoms with Crippen LogP contribution in [0.15, 0.2) is 30.5 Å². The highest BCUT2D eigenvalue weighted by molar-refractivity contribution is 6.05. The third-order valence-corrected chi connectivity index (χ3v) is 3.97. The molecule has 0 bridgehead atoms. The van der Waals surface area contributed by atoms with Gasteiger partial charge in [0.25, 0.3) is 5.91 Å². The van der Waals surface area contributed by atoms with E-state index in [4.69, 9.17) is 0 Å². The topological polar surface area (TPSA) is 36.1 Å². The van der Waals surface area contributed by atoms with Gasteiger partial charge in [0, 0.05) is 24.7 Å². The van der Waals surface area contributed by atoms with Gasteiger partial charge in [-0.25, -0.2) is 0 Å². The van der Waals surface area contributed by atoms with Crippen LogP contribution < -0.4 is 0 Å². The molecule has 1 saturated heterocycles. The predicted molar refractivity (Wildman–Crippen MR) is 72.6 cm³/mol. The van der Waals surface area contributed by atoms with Crippen LogP contribution in [0.5, 0.6) is 0 Å². The van der Waals surface area contributed by atoms with Crippen LogP contribution in [0.4, 0.5) is 0 Å². The summed E-state index contributed by atoms with van der Waals surface area (Å²) in [5, 5.41) is 1.10. The minimum absolute atomic E-state index is 0.166. The molecule has 3 nitrogen and oxygen atoms in total. The van der Waals surface area contributed by atoms with E-state index in [1.54, 1.807) is 0 Å². The third kappa shape index (κ3) is 1.80. The first kappa shape index (κ1) is 11.3. The van der Waals surface area contributed by atoms with Crippen molar-refractivity contribution in [1.29, 1.82) is 0 Å². The molecule has 1 aliphatic heterocycles. The number of hydrogen-bond acceptors (Lipinski definition) is 1. The second-order valence-electron chi connectivity index (χ2n) is 5.06. The number of benzene rings is 1. The molecule has 18 heavy (non-hydrogen) atoms. The Morgan fingerprint density at radius 1 is 1.44 bits per heavy atom. The zero-order valence-electron chi connectivity index (χ0n) is 10.6. The average molecular weight is 242 g/mol. The molecule has 2 aromatic rings. The lowest BCUT2D eigenvalue weighted by Crippen LogP contribution is -2.28.